The molecule has 3 aromatic carbocycles. The molecule has 2 heterocycles. The summed E-state index contributed by atoms with van der Waals surface area (Å²) in [5, 5.41) is 17.9. The fourth-order valence-electron chi connectivity index (χ4n) is 5.73. The number of aliphatic carboxylic acids is 1. The highest BCUT2D eigenvalue weighted by Gasteiger charge is 2.54. The van der Waals surface area contributed by atoms with Gasteiger partial charge in [-0.3, -0.25) is 4.79 Å². The van der Waals surface area contributed by atoms with E-state index >= 15 is 0 Å². The minimum absolute atomic E-state index is 0.106. The highest BCUT2D eigenvalue weighted by Crippen LogP contribution is 2.47. The van der Waals surface area contributed by atoms with Gasteiger partial charge in [0.15, 0.2) is 5.60 Å². The Morgan fingerprint density at radius 1 is 1.00 bits per heavy atom. The third-order valence-corrected chi connectivity index (χ3v) is 8.19. The number of rotatable bonds is 10. The SMILES string of the molecule is Cc1ccc([C@@H](NC(=O)Cc2ccc3oc(C(OC4(C(=O)O)CC4)c4c(C)noc4C)cc3c2)c2ccccc2)c(C)c1. The molecule has 5 aromatic rings. The van der Waals surface area contributed by atoms with Crippen LogP contribution in [0.3, 0.4) is 0 Å². The second-order valence-corrected chi connectivity index (χ2v) is 11.5. The van der Waals surface area contributed by atoms with Gasteiger partial charge in [0.25, 0.3) is 0 Å². The van der Waals surface area contributed by atoms with E-state index in [-0.39, 0.29) is 18.4 Å². The van der Waals surface area contributed by atoms with Gasteiger partial charge in [-0.15, -0.1) is 0 Å². The van der Waals surface area contributed by atoms with E-state index in [0.717, 1.165) is 27.6 Å². The van der Waals surface area contributed by atoms with Gasteiger partial charge in [-0.05, 0) is 81.0 Å². The van der Waals surface area contributed by atoms with E-state index in [1.165, 1.54) is 5.56 Å². The minimum Gasteiger partial charge on any atom is -0.479 e. The standard InChI is InChI=1S/C35H34N2O6/c1-20-10-12-27(21(2)16-20)32(25-8-6-5-7-9-25)36-30(38)18-24-11-13-28-26(17-24)19-29(41-28)33(31-22(3)37-43-23(31)4)42-35(14-15-35)34(39)40/h5-13,16-17,19,32-33H,14-15,18H2,1-4H3,(H,36,38)(H,39,40)/t32-,33?/m0/s1. The highest BCUT2D eigenvalue weighted by molar-refractivity contribution is 5.84. The average Bonchev–Trinajstić information content (AvgIpc) is 3.54. The number of fused-ring (bicyclic) bond motifs is 1. The Morgan fingerprint density at radius 2 is 1.77 bits per heavy atom. The molecule has 0 bridgehead atoms. The van der Waals surface area contributed by atoms with Crippen LogP contribution in [-0.2, 0) is 20.7 Å². The number of hydrogen-bond donors (Lipinski definition) is 2. The molecule has 1 aliphatic carbocycles. The molecule has 1 amide bonds. The van der Waals surface area contributed by atoms with Crippen LogP contribution in [0.1, 0.15) is 75.6 Å². The van der Waals surface area contributed by atoms with E-state index in [0.29, 0.717) is 41.2 Å². The van der Waals surface area contributed by atoms with Crippen molar-refractivity contribution in [3.63, 3.8) is 0 Å². The Bertz CT molecular complexity index is 1800. The fourth-order valence-corrected chi connectivity index (χ4v) is 5.73. The number of carbonyl (C=O) groups is 2. The number of benzene rings is 3. The Morgan fingerprint density at radius 3 is 2.42 bits per heavy atom. The molecular weight excluding hydrogens is 544 g/mol. The molecular formula is C35H34N2O6. The van der Waals surface area contributed by atoms with Gasteiger partial charge in [-0.1, -0.05) is 65.3 Å². The Kier molecular flexibility index (Phi) is 7.40. The Labute approximate surface area is 249 Å². The molecule has 2 N–H and O–H groups in total. The maximum atomic E-state index is 13.4. The summed E-state index contributed by atoms with van der Waals surface area (Å²) in [6.07, 6.45) is 0.228. The van der Waals surface area contributed by atoms with Crippen LogP contribution in [0.25, 0.3) is 11.0 Å². The number of aromatic nitrogens is 1. The number of nitrogens with one attached hydrogen (secondary N) is 1. The van der Waals surface area contributed by atoms with Crippen LogP contribution < -0.4 is 5.32 Å². The molecule has 6 rings (SSSR count). The number of nitrogens with zero attached hydrogens (tertiary/aromatic N) is 1. The molecule has 1 fully saturated rings. The van der Waals surface area contributed by atoms with E-state index in [1.807, 2.05) is 54.6 Å². The molecule has 1 saturated carbocycles. The van der Waals surface area contributed by atoms with Crippen molar-refractivity contribution in [3.8, 4) is 0 Å². The van der Waals surface area contributed by atoms with Gasteiger partial charge < -0.3 is 24.1 Å². The molecule has 2 atom stereocenters. The summed E-state index contributed by atoms with van der Waals surface area (Å²) in [4.78, 5) is 25.4. The van der Waals surface area contributed by atoms with Gasteiger partial charge in [-0.2, -0.15) is 0 Å². The normalized spacial score (nSPS) is 15.3. The minimum atomic E-state index is -1.26. The first-order valence-corrected chi connectivity index (χ1v) is 14.4. The molecule has 1 aliphatic rings. The second-order valence-electron chi connectivity index (χ2n) is 11.5. The lowest BCUT2D eigenvalue weighted by Crippen LogP contribution is -2.31. The summed E-state index contributed by atoms with van der Waals surface area (Å²) in [6.45, 7) is 7.69. The maximum Gasteiger partial charge on any atom is 0.336 e. The second kappa shape index (κ2) is 11.2. The first kappa shape index (κ1) is 28.4. The van der Waals surface area contributed by atoms with Gasteiger partial charge in [0, 0.05) is 5.39 Å². The topological polar surface area (TPSA) is 115 Å². The van der Waals surface area contributed by atoms with Gasteiger partial charge >= 0.3 is 5.97 Å². The average molecular weight is 579 g/mol. The van der Waals surface area contributed by atoms with E-state index < -0.39 is 17.7 Å². The number of amides is 1. The van der Waals surface area contributed by atoms with Gasteiger partial charge in [0.05, 0.1) is 23.7 Å². The first-order chi connectivity index (χ1) is 20.6. The fraction of sp³-hybridized carbons (Fsp3) is 0.286. The lowest BCUT2D eigenvalue weighted by Gasteiger charge is -2.22. The summed E-state index contributed by atoms with van der Waals surface area (Å²) >= 11 is 0. The number of furan rings is 1. The molecule has 0 spiro atoms. The predicted molar refractivity (Wildman–Crippen MR) is 161 cm³/mol. The van der Waals surface area contributed by atoms with Crippen molar-refractivity contribution < 1.29 is 28.4 Å². The smallest absolute Gasteiger partial charge is 0.336 e. The third kappa shape index (κ3) is 5.70. The summed E-state index contributed by atoms with van der Waals surface area (Å²) in [5.74, 6) is -0.106. The van der Waals surface area contributed by atoms with Crippen LogP contribution in [0.15, 0.2) is 81.7 Å². The van der Waals surface area contributed by atoms with Crippen LogP contribution >= 0.6 is 0 Å². The van der Waals surface area contributed by atoms with Crippen molar-refractivity contribution in [1.82, 2.24) is 10.5 Å². The van der Waals surface area contributed by atoms with Crippen molar-refractivity contribution in [1.29, 1.82) is 0 Å². The number of hydrogen-bond acceptors (Lipinski definition) is 6. The van der Waals surface area contributed by atoms with Crippen LogP contribution in [-0.4, -0.2) is 27.7 Å². The molecule has 2 aromatic heterocycles. The number of carbonyl (C=O) groups excluding carboxylic acids is 1. The van der Waals surface area contributed by atoms with Crippen molar-refractivity contribution in [2.75, 3.05) is 0 Å². The molecule has 220 valence electrons. The van der Waals surface area contributed by atoms with Crippen LogP contribution in [0, 0.1) is 27.7 Å². The molecule has 0 saturated heterocycles. The third-order valence-electron chi connectivity index (χ3n) is 8.19. The lowest BCUT2D eigenvalue weighted by atomic mass is 9.93. The zero-order valence-corrected chi connectivity index (χ0v) is 24.6. The quantitative estimate of drug-likeness (QED) is 0.187. The van der Waals surface area contributed by atoms with Crippen LogP contribution in [0.4, 0.5) is 0 Å². The van der Waals surface area contributed by atoms with Crippen LogP contribution in [0.5, 0.6) is 0 Å². The van der Waals surface area contributed by atoms with E-state index in [1.54, 1.807) is 13.8 Å². The lowest BCUT2D eigenvalue weighted by molar-refractivity contribution is -0.157. The highest BCUT2D eigenvalue weighted by atomic mass is 16.6. The van der Waals surface area contributed by atoms with Crippen molar-refractivity contribution in [2.45, 2.75) is 64.7 Å². The summed E-state index contributed by atoms with van der Waals surface area (Å²) in [5.41, 5.74) is 5.80. The predicted octanol–water partition coefficient (Wildman–Crippen LogP) is 6.83. The Hall–Kier alpha value is -4.69. The number of carboxylic acids is 1. The maximum absolute atomic E-state index is 13.4. The van der Waals surface area contributed by atoms with Gasteiger partial charge in [0.2, 0.25) is 5.91 Å². The van der Waals surface area contributed by atoms with Crippen molar-refractivity contribution >= 4 is 22.8 Å². The number of aryl methyl sites for hydroxylation is 4. The molecule has 8 heteroatoms. The Balaban J connectivity index is 1.27. The molecule has 43 heavy (non-hydrogen) atoms. The molecule has 0 radical (unpaired) electrons. The zero-order chi connectivity index (χ0) is 30.3. The van der Waals surface area contributed by atoms with Gasteiger partial charge in [-0.25, -0.2) is 4.79 Å². The number of ether oxygens (including phenoxy) is 1. The summed E-state index contributed by atoms with van der Waals surface area (Å²) < 4.78 is 17.8. The first-order valence-electron chi connectivity index (χ1n) is 14.4. The molecule has 0 aliphatic heterocycles. The number of carboxylic acid groups (broad SMARTS) is 1. The van der Waals surface area contributed by atoms with E-state index in [4.69, 9.17) is 13.7 Å². The zero-order valence-electron chi connectivity index (χ0n) is 24.6. The van der Waals surface area contributed by atoms with Crippen LogP contribution in [0.2, 0.25) is 0 Å². The molecule has 1 unspecified atom stereocenters. The van der Waals surface area contributed by atoms with Crippen molar-refractivity contribution in [3.05, 3.63) is 123 Å². The largest absolute Gasteiger partial charge is 0.479 e. The monoisotopic (exact) mass is 578 g/mol. The van der Waals surface area contributed by atoms with E-state index in [2.05, 4.69) is 42.5 Å². The molecule has 8 nitrogen and oxygen atoms in total. The summed E-state index contributed by atoms with van der Waals surface area (Å²) in [7, 11) is 0. The van der Waals surface area contributed by atoms with Crippen molar-refractivity contribution in [2.24, 2.45) is 0 Å². The van der Waals surface area contributed by atoms with E-state index in [9.17, 15) is 14.7 Å². The summed E-state index contributed by atoms with van der Waals surface area (Å²) in [6, 6.07) is 23.4. The van der Waals surface area contributed by atoms with Gasteiger partial charge in [0.1, 0.15) is 23.2 Å².